The lowest BCUT2D eigenvalue weighted by molar-refractivity contribution is -0.142. The van der Waals surface area contributed by atoms with Gasteiger partial charge in [-0.2, -0.15) is 0 Å². The number of likely N-dealkylation sites (tertiary alicyclic amines) is 1. The number of carbonyl (C=O) groups excluding carboxylic acids is 1. The molecule has 0 spiro atoms. The summed E-state index contributed by atoms with van der Waals surface area (Å²) >= 11 is 0. The molecule has 0 radical (unpaired) electrons. The van der Waals surface area contributed by atoms with E-state index in [1.165, 1.54) is 12.8 Å². The molecule has 2 amide bonds. The highest BCUT2D eigenvalue weighted by Gasteiger charge is 2.42. The van der Waals surface area contributed by atoms with Gasteiger partial charge in [0.15, 0.2) is 0 Å². The van der Waals surface area contributed by atoms with E-state index in [4.69, 9.17) is 5.11 Å². The standard InChI is InChI=1S/C13H22N2O3/c1-3-13(4-5-13)8-14-12(18)15-6-9(2)10(7-15)11(16)17/h9-10H,3-8H2,1-2H3,(H,14,18)(H,16,17)/t9-,10-/m1/s1. The zero-order valence-electron chi connectivity index (χ0n) is 11.1. The van der Waals surface area contributed by atoms with Gasteiger partial charge in [-0.3, -0.25) is 4.79 Å². The van der Waals surface area contributed by atoms with Crippen LogP contribution in [0.15, 0.2) is 0 Å². The summed E-state index contributed by atoms with van der Waals surface area (Å²) in [5.74, 6) is -1.18. The molecule has 1 aliphatic carbocycles. The number of amides is 2. The van der Waals surface area contributed by atoms with Crippen molar-refractivity contribution < 1.29 is 14.7 Å². The molecule has 1 heterocycles. The lowest BCUT2D eigenvalue weighted by atomic mass is 9.99. The molecule has 2 fully saturated rings. The molecule has 5 heteroatoms. The van der Waals surface area contributed by atoms with Crippen LogP contribution in [0, 0.1) is 17.3 Å². The summed E-state index contributed by atoms with van der Waals surface area (Å²) in [5, 5.41) is 12.0. The normalized spacial score (nSPS) is 29.1. The van der Waals surface area contributed by atoms with Crippen LogP contribution in [0.1, 0.15) is 33.1 Å². The molecule has 0 unspecified atom stereocenters. The van der Waals surface area contributed by atoms with Gasteiger partial charge in [-0.25, -0.2) is 4.79 Å². The van der Waals surface area contributed by atoms with Crippen LogP contribution in [0.25, 0.3) is 0 Å². The highest BCUT2D eigenvalue weighted by molar-refractivity contribution is 5.77. The Morgan fingerprint density at radius 3 is 2.50 bits per heavy atom. The van der Waals surface area contributed by atoms with E-state index in [1.54, 1.807) is 4.90 Å². The highest BCUT2D eigenvalue weighted by Crippen LogP contribution is 2.47. The molecule has 1 saturated heterocycles. The molecule has 2 atom stereocenters. The Morgan fingerprint density at radius 2 is 2.06 bits per heavy atom. The van der Waals surface area contributed by atoms with Gasteiger partial charge in [0.1, 0.15) is 0 Å². The fraction of sp³-hybridized carbons (Fsp3) is 0.846. The van der Waals surface area contributed by atoms with E-state index in [-0.39, 0.29) is 11.9 Å². The van der Waals surface area contributed by atoms with Gasteiger partial charge in [-0.1, -0.05) is 13.8 Å². The molecule has 0 aromatic rings. The van der Waals surface area contributed by atoms with Crippen LogP contribution >= 0.6 is 0 Å². The molecule has 1 aliphatic heterocycles. The number of aliphatic carboxylic acids is 1. The van der Waals surface area contributed by atoms with Gasteiger partial charge in [-0.05, 0) is 30.6 Å². The Bertz CT molecular complexity index is 352. The van der Waals surface area contributed by atoms with Crippen molar-refractivity contribution in [3.63, 3.8) is 0 Å². The van der Waals surface area contributed by atoms with E-state index in [9.17, 15) is 9.59 Å². The van der Waals surface area contributed by atoms with Crippen LogP contribution in [0.3, 0.4) is 0 Å². The molecular formula is C13H22N2O3. The topological polar surface area (TPSA) is 69.6 Å². The average molecular weight is 254 g/mol. The monoisotopic (exact) mass is 254 g/mol. The van der Waals surface area contributed by atoms with Crippen molar-refractivity contribution in [2.75, 3.05) is 19.6 Å². The zero-order valence-corrected chi connectivity index (χ0v) is 11.1. The Morgan fingerprint density at radius 1 is 1.39 bits per heavy atom. The van der Waals surface area contributed by atoms with Crippen molar-refractivity contribution in [2.24, 2.45) is 17.3 Å². The van der Waals surface area contributed by atoms with Gasteiger partial charge in [0.05, 0.1) is 5.92 Å². The zero-order chi connectivity index (χ0) is 13.3. The Hall–Kier alpha value is -1.26. The molecular weight excluding hydrogens is 232 g/mol. The van der Waals surface area contributed by atoms with Gasteiger partial charge < -0.3 is 15.3 Å². The summed E-state index contributed by atoms with van der Waals surface area (Å²) in [6.07, 6.45) is 3.48. The van der Waals surface area contributed by atoms with Crippen molar-refractivity contribution in [1.29, 1.82) is 0 Å². The summed E-state index contributed by atoms with van der Waals surface area (Å²) in [4.78, 5) is 24.6. The maximum absolute atomic E-state index is 12.0. The summed E-state index contributed by atoms with van der Waals surface area (Å²) in [6, 6.07) is -0.106. The first-order chi connectivity index (χ1) is 8.47. The summed E-state index contributed by atoms with van der Waals surface area (Å²) in [5.41, 5.74) is 0.327. The van der Waals surface area contributed by atoms with Crippen molar-refractivity contribution >= 4 is 12.0 Å². The average Bonchev–Trinajstić information content (AvgIpc) is 3.01. The maximum Gasteiger partial charge on any atom is 0.317 e. The van der Waals surface area contributed by atoms with Gasteiger partial charge in [0.2, 0.25) is 0 Å². The van der Waals surface area contributed by atoms with E-state index in [1.807, 2.05) is 6.92 Å². The minimum absolute atomic E-state index is 0.0364. The first-order valence-electron chi connectivity index (χ1n) is 6.73. The maximum atomic E-state index is 12.0. The van der Waals surface area contributed by atoms with E-state index in [0.29, 0.717) is 18.5 Å². The Balaban J connectivity index is 1.82. The van der Waals surface area contributed by atoms with Crippen LogP contribution in [-0.4, -0.2) is 41.6 Å². The van der Waals surface area contributed by atoms with Crippen LogP contribution in [0.4, 0.5) is 4.79 Å². The van der Waals surface area contributed by atoms with Gasteiger partial charge in [-0.15, -0.1) is 0 Å². The molecule has 1 saturated carbocycles. The summed E-state index contributed by atoms with van der Waals surface area (Å²) < 4.78 is 0. The lowest BCUT2D eigenvalue weighted by Crippen LogP contribution is -2.41. The Labute approximate surface area is 108 Å². The molecule has 18 heavy (non-hydrogen) atoms. The summed E-state index contributed by atoms with van der Waals surface area (Å²) in [6.45, 7) is 5.65. The van der Waals surface area contributed by atoms with Crippen LogP contribution in [-0.2, 0) is 4.79 Å². The number of carboxylic acids is 1. The van der Waals surface area contributed by atoms with E-state index in [0.717, 1.165) is 13.0 Å². The third-order valence-corrected chi connectivity index (χ3v) is 4.54. The fourth-order valence-electron chi connectivity index (χ4n) is 2.66. The molecule has 2 aliphatic rings. The second-order valence-corrected chi connectivity index (χ2v) is 5.84. The minimum atomic E-state index is -0.801. The molecule has 0 aromatic carbocycles. The Kier molecular flexibility index (Phi) is 3.50. The van der Waals surface area contributed by atoms with Gasteiger partial charge in [0, 0.05) is 19.6 Å². The van der Waals surface area contributed by atoms with E-state index >= 15 is 0 Å². The molecule has 2 rings (SSSR count). The number of nitrogens with zero attached hydrogens (tertiary/aromatic N) is 1. The van der Waals surface area contributed by atoms with Crippen molar-refractivity contribution in [2.45, 2.75) is 33.1 Å². The number of hydrogen-bond donors (Lipinski definition) is 2. The number of rotatable bonds is 4. The third-order valence-electron chi connectivity index (χ3n) is 4.54. The molecule has 2 N–H and O–H groups in total. The SMILES string of the molecule is CCC1(CNC(=O)N2C[C@@H](C)[C@H](C(=O)O)C2)CC1. The van der Waals surface area contributed by atoms with Crippen LogP contribution in [0.2, 0.25) is 0 Å². The molecule has 5 nitrogen and oxygen atoms in total. The van der Waals surface area contributed by atoms with Gasteiger partial charge in [0.25, 0.3) is 0 Å². The molecule has 0 bridgehead atoms. The number of carbonyl (C=O) groups is 2. The predicted molar refractivity (Wildman–Crippen MR) is 67.2 cm³/mol. The van der Waals surface area contributed by atoms with Gasteiger partial charge >= 0.3 is 12.0 Å². The number of urea groups is 1. The number of carboxylic acid groups (broad SMARTS) is 1. The first kappa shape index (κ1) is 13.2. The number of hydrogen-bond acceptors (Lipinski definition) is 2. The highest BCUT2D eigenvalue weighted by atomic mass is 16.4. The van der Waals surface area contributed by atoms with Crippen molar-refractivity contribution in [3.05, 3.63) is 0 Å². The van der Waals surface area contributed by atoms with Crippen LogP contribution < -0.4 is 5.32 Å². The van der Waals surface area contributed by atoms with E-state index in [2.05, 4.69) is 12.2 Å². The molecule has 102 valence electrons. The molecule has 0 aromatic heterocycles. The number of nitrogens with one attached hydrogen (secondary N) is 1. The minimum Gasteiger partial charge on any atom is -0.481 e. The third kappa shape index (κ3) is 2.60. The quantitative estimate of drug-likeness (QED) is 0.799. The van der Waals surface area contributed by atoms with E-state index < -0.39 is 11.9 Å². The lowest BCUT2D eigenvalue weighted by Gasteiger charge is -2.19. The van der Waals surface area contributed by atoms with Crippen molar-refractivity contribution in [1.82, 2.24) is 10.2 Å². The summed E-state index contributed by atoms with van der Waals surface area (Å²) in [7, 11) is 0. The van der Waals surface area contributed by atoms with Crippen LogP contribution in [0.5, 0.6) is 0 Å². The van der Waals surface area contributed by atoms with Crippen molar-refractivity contribution in [3.8, 4) is 0 Å². The largest absolute Gasteiger partial charge is 0.481 e. The predicted octanol–water partition coefficient (Wildman–Crippen LogP) is 1.54. The second kappa shape index (κ2) is 4.78. The fourth-order valence-corrected chi connectivity index (χ4v) is 2.66. The second-order valence-electron chi connectivity index (χ2n) is 5.84. The first-order valence-corrected chi connectivity index (χ1v) is 6.73. The smallest absolute Gasteiger partial charge is 0.317 e.